The first-order valence-corrected chi connectivity index (χ1v) is 5.32. The number of hydrogen-bond donors (Lipinski definition) is 1. The van der Waals surface area contributed by atoms with Gasteiger partial charge >= 0.3 is 0 Å². The molecule has 0 aliphatic rings. The van der Waals surface area contributed by atoms with Gasteiger partial charge in [0.25, 0.3) is 0 Å². The topological polar surface area (TPSA) is 28.7 Å². The van der Waals surface area contributed by atoms with Gasteiger partial charge in [-0.3, -0.25) is 0 Å². The molecule has 0 radical (unpaired) electrons. The minimum absolute atomic E-state index is 0.476. The fraction of sp³-hybridized carbons (Fsp3) is 0.364. The van der Waals surface area contributed by atoms with Gasteiger partial charge in [-0.15, -0.1) is 0 Å². The van der Waals surface area contributed by atoms with Crippen LogP contribution in [0, 0.1) is 0 Å². The summed E-state index contributed by atoms with van der Waals surface area (Å²) >= 11 is 5.82. The smallest absolute Gasteiger partial charge is 0.201 e. The summed E-state index contributed by atoms with van der Waals surface area (Å²) in [7, 11) is 0. The lowest BCUT2D eigenvalue weighted by molar-refractivity contribution is 0.798. The lowest BCUT2D eigenvalue weighted by Gasteiger charge is -1.99. The number of benzene rings is 1. The van der Waals surface area contributed by atoms with Gasteiger partial charge in [0.15, 0.2) is 0 Å². The monoisotopic (exact) mass is 208 g/mol. The molecule has 0 fully saturated rings. The van der Waals surface area contributed by atoms with Crippen molar-refractivity contribution in [1.82, 2.24) is 9.97 Å². The van der Waals surface area contributed by atoms with E-state index in [0.717, 1.165) is 17.5 Å². The Labute approximate surface area is 88.3 Å². The average Bonchev–Trinajstić information content (AvgIpc) is 2.55. The van der Waals surface area contributed by atoms with E-state index in [1.54, 1.807) is 0 Å². The lowest BCUT2D eigenvalue weighted by Crippen LogP contribution is -1.86. The lowest BCUT2D eigenvalue weighted by atomic mass is 10.1. The number of aromatic nitrogens is 2. The number of nitrogens with zero attached hydrogens (tertiary/aromatic N) is 1. The van der Waals surface area contributed by atoms with Gasteiger partial charge in [0.05, 0.1) is 11.0 Å². The van der Waals surface area contributed by atoms with Gasteiger partial charge in [-0.2, -0.15) is 0 Å². The van der Waals surface area contributed by atoms with Crippen LogP contribution in [0.4, 0.5) is 0 Å². The molecule has 3 heteroatoms. The van der Waals surface area contributed by atoms with Crippen molar-refractivity contribution in [1.29, 1.82) is 0 Å². The summed E-state index contributed by atoms with van der Waals surface area (Å²) in [6.45, 7) is 2.19. The number of H-pyrrole nitrogens is 1. The van der Waals surface area contributed by atoms with Crippen LogP contribution >= 0.6 is 11.6 Å². The third-order valence-corrected chi connectivity index (χ3v) is 2.55. The first kappa shape index (κ1) is 9.53. The van der Waals surface area contributed by atoms with Gasteiger partial charge in [0.1, 0.15) is 0 Å². The second-order valence-electron chi connectivity index (χ2n) is 3.44. The molecule has 74 valence electrons. The Morgan fingerprint density at radius 2 is 2.29 bits per heavy atom. The first-order valence-electron chi connectivity index (χ1n) is 4.94. The highest BCUT2D eigenvalue weighted by atomic mass is 35.5. The fourth-order valence-electron chi connectivity index (χ4n) is 1.63. The predicted molar refractivity (Wildman–Crippen MR) is 59.7 cm³/mol. The van der Waals surface area contributed by atoms with E-state index in [0.29, 0.717) is 5.28 Å². The van der Waals surface area contributed by atoms with Crippen LogP contribution in [0.1, 0.15) is 25.3 Å². The van der Waals surface area contributed by atoms with Crippen molar-refractivity contribution in [2.24, 2.45) is 0 Å². The molecule has 0 aliphatic carbocycles. The van der Waals surface area contributed by atoms with Crippen LogP contribution in [-0.2, 0) is 6.42 Å². The highest BCUT2D eigenvalue weighted by Gasteiger charge is 2.04. The molecule has 0 bridgehead atoms. The Balaban J connectivity index is 2.42. The summed E-state index contributed by atoms with van der Waals surface area (Å²) in [6.07, 6.45) is 3.48. The van der Waals surface area contributed by atoms with Crippen LogP contribution in [0.2, 0.25) is 5.28 Å². The molecule has 0 saturated carbocycles. The minimum atomic E-state index is 0.476. The van der Waals surface area contributed by atoms with Crippen molar-refractivity contribution in [3.05, 3.63) is 29.0 Å². The average molecular weight is 209 g/mol. The van der Waals surface area contributed by atoms with E-state index in [1.165, 1.54) is 18.4 Å². The molecular weight excluding hydrogens is 196 g/mol. The van der Waals surface area contributed by atoms with Crippen LogP contribution in [0.3, 0.4) is 0 Å². The summed E-state index contributed by atoms with van der Waals surface area (Å²) < 4.78 is 0. The Kier molecular flexibility index (Phi) is 2.73. The number of halogens is 1. The van der Waals surface area contributed by atoms with Crippen LogP contribution in [0.25, 0.3) is 11.0 Å². The number of aromatic amines is 1. The van der Waals surface area contributed by atoms with E-state index in [9.17, 15) is 0 Å². The molecule has 0 aliphatic heterocycles. The van der Waals surface area contributed by atoms with Crippen molar-refractivity contribution in [2.45, 2.75) is 26.2 Å². The fourth-order valence-corrected chi connectivity index (χ4v) is 1.82. The molecule has 0 amide bonds. The van der Waals surface area contributed by atoms with E-state index >= 15 is 0 Å². The van der Waals surface area contributed by atoms with Crippen LogP contribution in [0.5, 0.6) is 0 Å². The zero-order chi connectivity index (χ0) is 9.97. The Morgan fingerprint density at radius 1 is 1.43 bits per heavy atom. The predicted octanol–water partition coefficient (Wildman–Crippen LogP) is 3.56. The van der Waals surface area contributed by atoms with Crippen molar-refractivity contribution >= 4 is 22.6 Å². The number of imidazole rings is 1. The van der Waals surface area contributed by atoms with E-state index in [-0.39, 0.29) is 0 Å². The largest absolute Gasteiger partial charge is 0.329 e. The maximum atomic E-state index is 5.82. The van der Waals surface area contributed by atoms with Gasteiger partial charge < -0.3 is 4.98 Å². The number of hydrogen-bond acceptors (Lipinski definition) is 1. The number of rotatable bonds is 3. The van der Waals surface area contributed by atoms with Gasteiger partial charge in [-0.05, 0) is 36.1 Å². The van der Waals surface area contributed by atoms with Crippen molar-refractivity contribution < 1.29 is 0 Å². The summed E-state index contributed by atoms with van der Waals surface area (Å²) in [5, 5.41) is 0.476. The van der Waals surface area contributed by atoms with Crippen LogP contribution in [-0.4, -0.2) is 9.97 Å². The number of fused-ring (bicyclic) bond motifs is 1. The Bertz CT molecular complexity index is 434. The van der Waals surface area contributed by atoms with E-state index in [2.05, 4.69) is 23.0 Å². The first-order chi connectivity index (χ1) is 6.81. The molecular formula is C11H13ClN2. The summed E-state index contributed by atoms with van der Waals surface area (Å²) in [5.74, 6) is 0. The van der Waals surface area contributed by atoms with Crippen LogP contribution < -0.4 is 0 Å². The molecule has 2 nitrogen and oxygen atoms in total. The normalized spacial score (nSPS) is 11.0. The van der Waals surface area contributed by atoms with E-state index < -0.39 is 0 Å². The molecule has 1 aromatic heterocycles. The number of unbranched alkanes of at least 4 members (excludes halogenated alkanes) is 1. The minimum Gasteiger partial charge on any atom is -0.329 e. The zero-order valence-electron chi connectivity index (χ0n) is 8.18. The molecule has 1 N–H and O–H groups in total. The third kappa shape index (κ3) is 1.75. The highest BCUT2D eigenvalue weighted by molar-refractivity contribution is 6.29. The Hall–Kier alpha value is -1.02. The molecule has 2 rings (SSSR count). The molecule has 0 atom stereocenters. The SMILES string of the molecule is CCCCc1cccc2[nH]c(Cl)nc12. The van der Waals surface area contributed by atoms with Crippen molar-refractivity contribution in [3.8, 4) is 0 Å². The van der Waals surface area contributed by atoms with E-state index in [1.807, 2.05) is 12.1 Å². The second-order valence-corrected chi connectivity index (χ2v) is 3.80. The standard InChI is InChI=1S/C11H13ClN2/c1-2-3-5-8-6-4-7-9-10(8)14-11(12)13-9/h4,6-7H,2-3,5H2,1H3,(H,13,14). The number of nitrogens with one attached hydrogen (secondary N) is 1. The molecule has 1 aromatic carbocycles. The maximum Gasteiger partial charge on any atom is 0.201 e. The van der Waals surface area contributed by atoms with Gasteiger partial charge in [-0.25, -0.2) is 4.98 Å². The summed E-state index contributed by atoms with van der Waals surface area (Å²) in [4.78, 5) is 7.31. The summed E-state index contributed by atoms with van der Waals surface area (Å²) in [5.41, 5.74) is 3.34. The summed E-state index contributed by atoms with van der Waals surface area (Å²) in [6, 6.07) is 6.17. The zero-order valence-corrected chi connectivity index (χ0v) is 8.93. The van der Waals surface area contributed by atoms with E-state index in [4.69, 9.17) is 11.6 Å². The molecule has 0 spiro atoms. The molecule has 0 saturated heterocycles. The Morgan fingerprint density at radius 3 is 3.07 bits per heavy atom. The number of aryl methyl sites for hydroxylation is 1. The van der Waals surface area contributed by atoms with Crippen molar-refractivity contribution in [2.75, 3.05) is 0 Å². The molecule has 14 heavy (non-hydrogen) atoms. The highest BCUT2D eigenvalue weighted by Crippen LogP contribution is 2.20. The number of para-hydroxylation sites is 1. The maximum absolute atomic E-state index is 5.82. The van der Waals surface area contributed by atoms with Gasteiger partial charge in [-0.1, -0.05) is 25.5 Å². The van der Waals surface area contributed by atoms with Crippen LogP contribution in [0.15, 0.2) is 18.2 Å². The molecule has 2 aromatic rings. The third-order valence-electron chi connectivity index (χ3n) is 2.37. The quantitative estimate of drug-likeness (QED) is 0.821. The second kappa shape index (κ2) is 4.01. The van der Waals surface area contributed by atoms with Crippen molar-refractivity contribution in [3.63, 3.8) is 0 Å². The van der Waals surface area contributed by atoms with Gasteiger partial charge in [0, 0.05) is 0 Å². The molecule has 1 heterocycles. The van der Waals surface area contributed by atoms with Gasteiger partial charge in [0.2, 0.25) is 5.28 Å². The molecule has 0 unspecified atom stereocenters.